The van der Waals surface area contributed by atoms with Gasteiger partial charge in [0.1, 0.15) is 0 Å². The molecule has 3 heteroatoms. The number of ether oxygens (including phenoxy) is 2. The molecule has 0 spiro atoms. The molecule has 1 aliphatic rings. The van der Waals surface area contributed by atoms with Crippen molar-refractivity contribution in [2.75, 3.05) is 39.5 Å². The highest BCUT2D eigenvalue weighted by atomic mass is 16.5. The van der Waals surface area contributed by atoms with E-state index in [1.165, 1.54) is 0 Å². The van der Waals surface area contributed by atoms with E-state index in [9.17, 15) is 0 Å². The van der Waals surface area contributed by atoms with Crippen LogP contribution in [-0.4, -0.2) is 50.5 Å². The van der Waals surface area contributed by atoms with Crippen LogP contribution < -0.4 is 0 Å². The number of hydrogen-bond donors (Lipinski definition) is 0. The van der Waals surface area contributed by atoms with Gasteiger partial charge < -0.3 is 9.47 Å². The molecule has 0 aliphatic carbocycles. The molecule has 1 unspecified atom stereocenters. The Bertz CT molecular complexity index is 242. The summed E-state index contributed by atoms with van der Waals surface area (Å²) in [4.78, 5) is 2.36. The van der Waals surface area contributed by atoms with Crippen molar-refractivity contribution in [2.45, 2.75) is 26.8 Å². The zero-order valence-electron chi connectivity index (χ0n) is 10.7. The first-order valence-electron chi connectivity index (χ1n) is 6.12. The van der Waals surface area contributed by atoms with Crippen molar-refractivity contribution in [3.8, 4) is 11.8 Å². The van der Waals surface area contributed by atoms with Gasteiger partial charge in [-0.1, -0.05) is 25.7 Å². The molecule has 1 heterocycles. The minimum Gasteiger partial charge on any atom is -0.380 e. The normalized spacial score (nSPS) is 21.9. The first-order valence-corrected chi connectivity index (χ1v) is 6.12. The molecule has 3 nitrogen and oxygen atoms in total. The summed E-state index contributed by atoms with van der Waals surface area (Å²) in [5, 5.41) is 0. The summed E-state index contributed by atoms with van der Waals surface area (Å²) in [5.74, 6) is 6.87. The molecule has 1 atom stereocenters. The molecule has 0 amide bonds. The lowest BCUT2D eigenvalue weighted by Crippen LogP contribution is -2.48. The van der Waals surface area contributed by atoms with Crippen molar-refractivity contribution in [1.29, 1.82) is 0 Å². The fourth-order valence-electron chi connectivity index (χ4n) is 1.66. The number of rotatable bonds is 4. The lowest BCUT2D eigenvalue weighted by atomic mass is 10.2. The molecule has 0 aromatic rings. The Morgan fingerprint density at radius 1 is 1.50 bits per heavy atom. The van der Waals surface area contributed by atoms with Crippen LogP contribution in [0.25, 0.3) is 0 Å². The maximum Gasteiger partial charge on any atom is 0.0645 e. The van der Waals surface area contributed by atoms with Gasteiger partial charge in [0.25, 0.3) is 0 Å². The highest BCUT2D eigenvalue weighted by molar-refractivity contribution is 5.04. The number of hydrogen-bond acceptors (Lipinski definition) is 3. The van der Waals surface area contributed by atoms with Gasteiger partial charge in [0.15, 0.2) is 0 Å². The molecule has 0 N–H and O–H groups in total. The summed E-state index contributed by atoms with van der Waals surface area (Å²) in [6, 6.07) is 0.371. The SMILES string of the molecule is CCOCC1COCCN1CC#CC(C)C. The van der Waals surface area contributed by atoms with Gasteiger partial charge in [-0.25, -0.2) is 0 Å². The minimum absolute atomic E-state index is 0.371. The van der Waals surface area contributed by atoms with Gasteiger partial charge in [0, 0.05) is 19.1 Å². The van der Waals surface area contributed by atoms with Gasteiger partial charge in [0.2, 0.25) is 0 Å². The molecule has 1 rings (SSSR count). The van der Waals surface area contributed by atoms with E-state index >= 15 is 0 Å². The monoisotopic (exact) mass is 225 g/mol. The van der Waals surface area contributed by atoms with E-state index < -0.39 is 0 Å². The molecule has 1 fully saturated rings. The van der Waals surface area contributed by atoms with Crippen LogP contribution >= 0.6 is 0 Å². The molecule has 92 valence electrons. The van der Waals surface area contributed by atoms with Crippen LogP contribution in [-0.2, 0) is 9.47 Å². The quantitative estimate of drug-likeness (QED) is 0.675. The van der Waals surface area contributed by atoms with Crippen molar-refractivity contribution >= 4 is 0 Å². The third-order valence-electron chi connectivity index (χ3n) is 2.54. The number of morpholine rings is 1. The summed E-state index contributed by atoms with van der Waals surface area (Å²) in [5.41, 5.74) is 0. The molecule has 1 saturated heterocycles. The van der Waals surface area contributed by atoms with Crippen molar-refractivity contribution in [3.05, 3.63) is 0 Å². The van der Waals surface area contributed by atoms with Crippen molar-refractivity contribution < 1.29 is 9.47 Å². The van der Waals surface area contributed by atoms with Crippen LogP contribution in [0.2, 0.25) is 0 Å². The van der Waals surface area contributed by atoms with Crippen molar-refractivity contribution in [2.24, 2.45) is 5.92 Å². The largest absolute Gasteiger partial charge is 0.380 e. The second kappa shape index (κ2) is 7.67. The molecule has 0 aromatic heterocycles. The summed E-state index contributed by atoms with van der Waals surface area (Å²) < 4.78 is 10.9. The Kier molecular flexibility index (Phi) is 6.47. The molecular formula is C13H23NO2. The average molecular weight is 225 g/mol. The zero-order valence-corrected chi connectivity index (χ0v) is 10.7. The Morgan fingerprint density at radius 3 is 3.00 bits per heavy atom. The van der Waals surface area contributed by atoms with Crippen LogP contribution in [0.15, 0.2) is 0 Å². The maximum atomic E-state index is 5.47. The van der Waals surface area contributed by atoms with Gasteiger partial charge in [-0.15, -0.1) is 0 Å². The van der Waals surface area contributed by atoms with Gasteiger partial charge >= 0.3 is 0 Å². The second-order valence-corrected chi connectivity index (χ2v) is 4.33. The highest BCUT2D eigenvalue weighted by Crippen LogP contribution is 2.06. The smallest absolute Gasteiger partial charge is 0.0645 e. The number of nitrogens with zero attached hydrogens (tertiary/aromatic N) is 1. The summed E-state index contributed by atoms with van der Waals surface area (Å²) in [6.45, 7) is 11.1. The highest BCUT2D eigenvalue weighted by Gasteiger charge is 2.21. The Labute approximate surface area is 99.1 Å². The van der Waals surface area contributed by atoms with E-state index in [4.69, 9.17) is 9.47 Å². The molecule has 0 bridgehead atoms. The zero-order chi connectivity index (χ0) is 11.8. The van der Waals surface area contributed by atoms with E-state index in [1.54, 1.807) is 0 Å². The molecule has 1 aliphatic heterocycles. The lowest BCUT2D eigenvalue weighted by Gasteiger charge is -2.33. The topological polar surface area (TPSA) is 21.7 Å². The van der Waals surface area contributed by atoms with Crippen LogP contribution in [0.5, 0.6) is 0 Å². The lowest BCUT2D eigenvalue weighted by molar-refractivity contribution is -0.0356. The van der Waals surface area contributed by atoms with Crippen LogP contribution in [0, 0.1) is 17.8 Å². The minimum atomic E-state index is 0.371. The summed E-state index contributed by atoms with van der Waals surface area (Å²) in [7, 11) is 0. The Hall–Kier alpha value is -0.560. The average Bonchev–Trinajstić information content (AvgIpc) is 2.27. The third-order valence-corrected chi connectivity index (χ3v) is 2.54. The molecule has 0 saturated carbocycles. The second-order valence-electron chi connectivity index (χ2n) is 4.33. The van der Waals surface area contributed by atoms with Crippen LogP contribution in [0.1, 0.15) is 20.8 Å². The fraction of sp³-hybridized carbons (Fsp3) is 0.846. The van der Waals surface area contributed by atoms with Crippen molar-refractivity contribution in [3.63, 3.8) is 0 Å². The van der Waals surface area contributed by atoms with E-state index in [-0.39, 0.29) is 0 Å². The van der Waals surface area contributed by atoms with Gasteiger partial charge in [-0.3, -0.25) is 4.90 Å². The maximum absolute atomic E-state index is 5.47. The van der Waals surface area contributed by atoms with Crippen molar-refractivity contribution in [1.82, 2.24) is 4.90 Å². The first kappa shape index (κ1) is 13.5. The van der Waals surface area contributed by atoms with Gasteiger partial charge in [0.05, 0.1) is 32.4 Å². The molecule has 0 aromatic carbocycles. The summed E-state index contributed by atoms with van der Waals surface area (Å²) >= 11 is 0. The first-order chi connectivity index (χ1) is 7.74. The van der Waals surface area contributed by atoms with E-state index in [0.717, 1.165) is 39.5 Å². The standard InChI is InChI=1S/C13H23NO2/c1-4-15-10-13-11-16-9-8-14(13)7-5-6-12(2)3/h12-13H,4,7-11H2,1-3H3. The van der Waals surface area contributed by atoms with Gasteiger partial charge in [-0.2, -0.15) is 0 Å². The van der Waals surface area contributed by atoms with Gasteiger partial charge in [-0.05, 0) is 6.92 Å². The predicted octanol–water partition coefficient (Wildman–Crippen LogP) is 1.38. The molecule has 0 radical (unpaired) electrons. The summed E-state index contributed by atoms with van der Waals surface area (Å²) in [6.07, 6.45) is 0. The third kappa shape index (κ3) is 4.98. The molecular weight excluding hydrogens is 202 g/mol. The Morgan fingerprint density at radius 2 is 2.31 bits per heavy atom. The Balaban J connectivity index is 2.38. The predicted molar refractivity (Wildman–Crippen MR) is 65.3 cm³/mol. The molecule has 16 heavy (non-hydrogen) atoms. The fourth-order valence-corrected chi connectivity index (χ4v) is 1.66. The van der Waals surface area contributed by atoms with Crippen LogP contribution in [0.3, 0.4) is 0 Å². The van der Waals surface area contributed by atoms with E-state index in [1.807, 2.05) is 6.92 Å². The van der Waals surface area contributed by atoms with E-state index in [0.29, 0.717) is 12.0 Å². The van der Waals surface area contributed by atoms with Crippen LogP contribution in [0.4, 0.5) is 0 Å². The van der Waals surface area contributed by atoms with E-state index in [2.05, 4.69) is 30.6 Å².